The molecule has 0 saturated carbocycles. The molecule has 0 aliphatic carbocycles. The quantitative estimate of drug-likeness (QED) is 0.216. The van der Waals surface area contributed by atoms with Crippen LogP contribution in [0, 0.1) is 5.82 Å². The fraction of sp³-hybridized carbons (Fsp3) is 0.136. The molecule has 0 atom stereocenters. The van der Waals surface area contributed by atoms with Gasteiger partial charge >= 0.3 is 12.1 Å². The summed E-state index contributed by atoms with van der Waals surface area (Å²) in [5, 5.41) is 7.97. The molecule has 0 spiro atoms. The molecular formula is C22H13Cl2F4N3O3. The molecule has 2 heterocycles. The Balaban J connectivity index is 1.98. The third-order valence-electron chi connectivity index (χ3n) is 4.69. The molecule has 0 N–H and O–H groups in total. The van der Waals surface area contributed by atoms with E-state index in [0.717, 1.165) is 18.3 Å². The highest BCUT2D eigenvalue weighted by Gasteiger charge is 2.42. The second-order valence-electron chi connectivity index (χ2n) is 6.88. The molecule has 0 amide bonds. The zero-order valence-corrected chi connectivity index (χ0v) is 18.7. The molecule has 6 nitrogen and oxygen atoms in total. The average molecular weight is 514 g/mol. The van der Waals surface area contributed by atoms with Crippen LogP contribution >= 0.6 is 23.2 Å². The topological polar surface area (TPSA) is 70.2 Å². The smallest absolute Gasteiger partial charge is 0.434 e. The highest BCUT2D eigenvalue weighted by molar-refractivity contribution is 6.36. The molecular weight excluding hydrogens is 501 g/mol. The van der Waals surface area contributed by atoms with Crippen molar-refractivity contribution in [1.82, 2.24) is 14.9 Å². The maximum absolute atomic E-state index is 14.2. The molecule has 0 radical (unpaired) electrons. The lowest BCUT2D eigenvalue weighted by Gasteiger charge is -2.12. The standard InChI is InChI=1S/C22H13Cl2F4N3O3/c1-2-33-21(32)17-18(14-7-6-11(23)8-16(14)24)30-34-19(17)15-10-29-31(20(15)22(26,27)28)13-5-3-4-12(25)9-13/h3-10H,2H2,1H3. The summed E-state index contributed by atoms with van der Waals surface area (Å²) in [6.07, 6.45) is -4.11. The molecule has 4 rings (SSSR count). The van der Waals surface area contributed by atoms with E-state index in [2.05, 4.69) is 10.3 Å². The molecule has 2 aromatic heterocycles. The van der Waals surface area contributed by atoms with Gasteiger partial charge in [-0.1, -0.05) is 34.4 Å². The zero-order valence-electron chi connectivity index (χ0n) is 17.2. The van der Waals surface area contributed by atoms with E-state index >= 15 is 0 Å². The van der Waals surface area contributed by atoms with Crippen molar-refractivity contribution in [1.29, 1.82) is 0 Å². The molecule has 0 unspecified atom stereocenters. The maximum Gasteiger partial charge on any atom is 0.434 e. The minimum absolute atomic E-state index is 0.0636. The summed E-state index contributed by atoms with van der Waals surface area (Å²) in [6.45, 7) is 1.47. The Hall–Kier alpha value is -3.37. The second kappa shape index (κ2) is 9.11. The molecule has 0 bridgehead atoms. The van der Waals surface area contributed by atoms with Gasteiger partial charge in [-0.3, -0.25) is 0 Å². The molecule has 0 aliphatic rings. The molecule has 0 saturated heterocycles. The van der Waals surface area contributed by atoms with Gasteiger partial charge < -0.3 is 9.26 Å². The molecule has 4 aromatic rings. The van der Waals surface area contributed by atoms with Gasteiger partial charge in [0.25, 0.3) is 0 Å². The van der Waals surface area contributed by atoms with Crippen LogP contribution in [0.25, 0.3) is 28.3 Å². The van der Waals surface area contributed by atoms with Gasteiger partial charge in [-0.15, -0.1) is 0 Å². The molecule has 0 fully saturated rings. The van der Waals surface area contributed by atoms with Crippen molar-refractivity contribution in [3.05, 3.63) is 75.8 Å². The van der Waals surface area contributed by atoms with E-state index in [1.54, 1.807) is 0 Å². The number of esters is 1. The van der Waals surface area contributed by atoms with Gasteiger partial charge in [-0.25, -0.2) is 13.9 Å². The largest absolute Gasteiger partial charge is 0.462 e. The molecule has 2 aromatic carbocycles. The van der Waals surface area contributed by atoms with Gasteiger partial charge in [0.1, 0.15) is 17.1 Å². The summed E-state index contributed by atoms with van der Waals surface area (Å²) in [4.78, 5) is 12.8. The number of carbonyl (C=O) groups excluding carboxylic acids is 1. The summed E-state index contributed by atoms with van der Waals surface area (Å²) in [6, 6.07) is 8.75. The van der Waals surface area contributed by atoms with Gasteiger partial charge in [0.15, 0.2) is 11.5 Å². The number of alkyl halides is 3. The van der Waals surface area contributed by atoms with Crippen molar-refractivity contribution in [2.75, 3.05) is 6.61 Å². The van der Waals surface area contributed by atoms with Gasteiger partial charge in [-0.05, 0) is 43.3 Å². The lowest BCUT2D eigenvalue weighted by molar-refractivity contribution is -0.142. The Bertz CT molecular complexity index is 1380. The van der Waals surface area contributed by atoms with Crippen LogP contribution in [0.2, 0.25) is 10.0 Å². The van der Waals surface area contributed by atoms with E-state index in [1.807, 2.05) is 0 Å². The first-order chi connectivity index (χ1) is 16.1. The summed E-state index contributed by atoms with van der Waals surface area (Å²) in [5.74, 6) is -2.27. The summed E-state index contributed by atoms with van der Waals surface area (Å²) >= 11 is 12.1. The number of carbonyl (C=O) groups is 1. The van der Waals surface area contributed by atoms with E-state index in [4.69, 9.17) is 32.5 Å². The number of hydrogen-bond donors (Lipinski definition) is 0. The monoisotopic (exact) mass is 513 g/mol. The maximum atomic E-state index is 14.2. The summed E-state index contributed by atoms with van der Waals surface area (Å²) in [7, 11) is 0. The van der Waals surface area contributed by atoms with Crippen molar-refractivity contribution in [3.63, 3.8) is 0 Å². The third-order valence-corrected chi connectivity index (χ3v) is 5.24. The Kier molecular flexibility index (Phi) is 6.37. The van der Waals surface area contributed by atoms with E-state index in [1.165, 1.54) is 37.3 Å². The minimum atomic E-state index is -4.96. The zero-order chi connectivity index (χ0) is 24.6. The predicted molar refractivity (Wildman–Crippen MR) is 115 cm³/mol. The van der Waals surface area contributed by atoms with E-state index in [0.29, 0.717) is 9.70 Å². The summed E-state index contributed by atoms with van der Waals surface area (Å²) in [5.41, 5.74) is -2.40. The van der Waals surface area contributed by atoms with Crippen LogP contribution in [0.15, 0.2) is 53.2 Å². The highest BCUT2D eigenvalue weighted by atomic mass is 35.5. The van der Waals surface area contributed by atoms with Crippen LogP contribution in [0.4, 0.5) is 17.6 Å². The first-order valence-electron chi connectivity index (χ1n) is 9.65. The van der Waals surface area contributed by atoms with E-state index in [-0.39, 0.29) is 34.1 Å². The lowest BCUT2D eigenvalue weighted by Crippen LogP contribution is -2.15. The fourth-order valence-corrected chi connectivity index (χ4v) is 3.82. The number of halogens is 6. The number of nitrogens with zero attached hydrogens (tertiary/aromatic N) is 3. The Morgan fingerprint density at radius 2 is 1.91 bits per heavy atom. The average Bonchev–Trinajstić information content (AvgIpc) is 3.38. The number of ether oxygens (including phenoxy) is 1. The molecule has 12 heteroatoms. The van der Waals surface area contributed by atoms with Gasteiger partial charge in [0.2, 0.25) is 0 Å². The predicted octanol–water partition coefficient (Wildman–Crippen LogP) is 6.84. The highest BCUT2D eigenvalue weighted by Crippen LogP contribution is 2.43. The van der Waals surface area contributed by atoms with Crippen LogP contribution < -0.4 is 0 Å². The molecule has 0 aliphatic heterocycles. The van der Waals surface area contributed by atoms with E-state index in [9.17, 15) is 22.4 Å². The van der Waals surface area contributed by atoms with Crippen molar-refractivity contribution in [3.8, 4) is 28.3 Å². The normalized spacial score (nSPS) is 11.6. The van der Waals surface area contributed by atoms with Gasteiger partial charge in [0, 0.05) is 10.6 Å². The van der Waals surface area contributed by atoms with Crippen LogP contribution in [0.1, 0.15) is 23.0 Å². The van der Waals surface area contributed by atoms with Crippen molar-refractivity contribution < 1.29 is 31.6 Å². The van der Waals surface area contributed by atoms with Crippen molar-refractivity contribution >= 4 is 29.2 Å². The Labute approximate surface area is 199 Å². The van der Waals surface area contributed by atoms with Crippen LogP contribution in [0.3, 0.4) is 0 Å². The molecule has 34 heavy (non-hydrogen) atoms. The van der Waals surface area contributed by atoms with Crippen molar-refractivity contribution in [2.45, 2.75) is 13.1 Å². The van der Waals surface area contributed by atoms with Crippen LogP contribution in [-0.4, -0.2) is 27.5 Å². The first kappa shape index (κ1) is 23.8. The SMILES string of the molecule is CCOC(=O)c1c(-c2ccc(Cl)cc2Cl)noc1-c1cnn(-c2cccc(F)c2)c1C(F)(F)F. The fourth-order valence-electron chi connectivity index (χ4n) is 3.32. The van der Waals surface area contributed by atoms with E-state index < -0.39 is 35.0 Å². The summed E-state index contributed by atoms with van der Waals surface area (Å²) < 4.78 is 67.0. The number of hydrogen-bond acceptors (Lipinski definition) is 5. The van der Waals surface area contributed by atoms with Gasteiger partial charge in [0.05, 0.1) is 29.1 Å². The number of rotatable bonds is 5. The second-order valence-corrected chi connectivity index (χ2v) is 7.72. The van der Waals surface area contributed by atoms with Crippen molar-refractivity contribution in [2.24, 2.45) is 0 Å². The first-order valence-corrected chi connectivity index (χ1v) is 10.4. The molecule has 176 valence electrons. The third kappa shape index (κ3) is 4.38. The number of aromatic nitrogens is 3. The lowest BCUT2D eigenvalue weighted by atomic mass is 10.0. The van der Waals surface area contributed by atoms with Crippen LogP contribution in [-0.2, 0) is 10.9 Å². The van der Waals surface area contributed by atoms with Gasteiger partial charge in [-0.2, -0.15) is 18.3 Å². The number of benzene rings is 2. The Morgan fingerprint density at radius 3 is 2.56 bits per heavy atom. The Morgan fingerprint density at radius 1 is 1.15 bits per heavy atom. The minimum Gasteiger partial charge on any atom is -0.462 e. The van der Waals surface area contributed by atoms with Crippen LogP contribution in [0.5, 0.6) is 0 Å².